The van der Waals surface area contributed by atoms with Gasteiger partial charge in [-0.25, -0.2) is 0 Å². The van der Waals surface area contributed by atoms with E-state index >= 15 is 0 Å². The summed E-state index contributed by atoms with van der Waals surface area (Å²) in [6.07, 6.45) is 0.687. The third kappa shape index (κ3) is 4.54. The van der Waals surface area contributed by atoms with Crippen LogP contribution in [0.15, 0.2) is 91.0 Å². The molecule has 4 heteroatoms. The number of nitrogens with one attached hydrogen (secondary N) is 1. The molecule has 2 amide bonds. The van der Waals surface area contributed by atoms with E-state index in [4.69, 9.17) is 0 Å². The second-order valence-corrected chi connectivity index (χ2v) is 7.39. The summed E-state index contributed by atoms with van der Waals surface area (Å²) in [6, 6.07) is 29.6. The van der Waals surface area contributed by atoms with Gasteiger partial charge in [-0.1, -0.05) is 78.9 Å². The third-order valence-electron chi connectivity index (χ3n) is 5.35. The molecular weight excluding hydrogens is 360 g/mol. The second-order valence-electron chi connectivity index (χ2n) is 7.39. The molecule has 1 atom stereocenters. The number of para-hydroxylation sites is 1. The first kappa shape index (κ1) is 18.9. The van der Waals surface area contributed by atoms with Crippen molar-refractivity contribution in [1.29, 1.82) is 0 Å². The summed E-state index contributed by atoms with van der Waals surface area (Å²) in [5.74, 6) is -0.000632. The quantitative estimate of drug-likeness (QED) is 0.695. The van der Waals surface area contributed by atoms with Gasteiger partial charge >= 0.3 is 0 Å². The van der Waals surface area contributed by atoms with Crippen molar-refractivity contribution in [3.63, 3.8) is 0 Å². The molecule has 3 aromatic carbocycles. The molecule has 0 saturated carbocycles. The van der Waals surface area contributed by atoms with E-state index in [0.717, 1.165) is 16.8 Å². The molecule has 1 heterocycles. The zero-order chi connectivity index (χ0) is 20.1. The van der Waals surface area contributed by atoms with Crippen LogP contribution < -0.4 is 10.2 Å². The van der Waals surface area contributed by atoms with Crippen molar-refractivity contribution in [3.05, 3.63) is 102 Å². The standard InChI is InChI=1S/C25H24N2O2/c28-24(26-21-16-25(29)27(18-21)22-14-8-3-9-15-22)17-23(19-10-4-1-5-11-19)20-12-6-2-7-13-20/h1-15,21,23H,16-18H2,(H,26,28)/t21-/m0/s1. The predicted molar refractivity (Wildman–Crippen MR) is 115 cm³/mol. The Morgan fingerprint density at radius 1 is 0.862 bits per heavy atom. The molecule has 4 rings (SSSR count). The highest BCUT2D eigenvalue weighted by atomic mass is 16.2. The lowest BCUT2D eigenvalue weighted by atomic mass is 9.88. The van der Waals surface area contributed by atoms with Gasteiger partial charge in [0.1, 0.15) is 0 Å². The lowest BCUT2D eigenvalue weighted by Crippen LogP contribution is -2.37. The van der Waals surface area contributed by atoms with Crippen molar-refractivity contribution in [2.75, 3.05) is 11.4 Å². The van der Waals surface area contributed by atoms with E-state index in [2.05, 4.69) is 29.6 Å². The lowest BCUT2D eigenvalue weighted by Gasteiger charge is -2.20. The number of amides is 2. The number of nitrogens with zero attached hydrogens (tertiary/aromatic N) is 1. The molecule has 0 aliphatic carbocycles. The summed E-state index contributed by atoms with van der Waals surface area (Å²) < 4.78 is 0. The minimum Gasteiger partial charge on any atom is -0.351 e. The van der Waals surface area contributed by atoms with E-state index < -0.39 is 0 Å². The Balaban J connectivity index is 1.44. The smallest absolute Gasteiger partial charge is 0.229 e. The fourth-order valence-electron chi connectivity index (χ4n) is 3.93. The van der Waals surface area contributed by atoms with Crippen LogP contribution in [0, 0.1) is 0 Å². The molecule has 1 aliphatic heterocycles. The van der Waals surface area contributed by atoms with Crippen LogP contribution in [0.3, 0.4) is 0 Å². The molecule has 4 nitrogen and oxygen atoms in total. The normalized spacial score (nSPS) is 16.2. The Morgan fingerprint density at radius 3 is 1.93 bits per heavy atom. The summed E-state index contributed by atoms with van der Waals surface area (Å²) in [4.78, 5) is 27.0. The summed E-state index contributed by atoms with van der Waals surface area (Å²) in [6.45, 7) is 0.510. The molecule has 1 N–H and O–H groups in total. The Hall–Kier alpha value is -3.40. The highest BCUT2D eigenvalue weighted by Crippen LogP contribution is 2.28. The Kier molecular flexibility index (Phi) is 5.71. The number of benzene rings is 3. The van der Waals surface area contributed by atoms with Crippen LogP contribution in [0.2, 0.25) is 0 Å². The molecule has 1 fully saturated rings. The van der Waals surface area contributed by atoms with Crippen LogP contribution in [-0.4, -0.2) is 24.4 Å². The second kappa shape index (κ2) is 8.74. The van der Waals surface area contributed by atoms with E-state index in [9.17, 15) is 9.59 Å². The maximum absolute atomic E-state index is 12.9. The van der Waals surface area contributed by atoms with Crippen LogP contribution in [0.25, 0.3) is 0 Å². The number of carbonyl (C=O) groups is 2. The van der Waals surface area contributed by atoms with Gasteiger partial charge < -0.3 is 10.2 Å². The van der Waals surface area contributed by atoms with Gasteiger partial charge in [-0.2, -0.15) is 0 Å². The fraction of sp³-hybridized carbons (Fsp3) is 0.200. The summed E-state index contributed by atoms with van der Waals surface area (Å²) >= 11 is 0. The number of hydrogen-bond acceptors (Lipinski definition) is 2. The van der Waals surface area contributed by atoms with Gasteiger partial charge in [0.15, 0.2) is 0 Å². The van der Waals surface area contributed by atoms with Gasteiger partial charge in [-0.15, -0.1) is 0 Å². The van der Waals surface area contributed by atoms with Gasteiger partial charge in [0.05, 0.1) is 6.04 Å². The van der Waals surface area contributed by atoms with Crippen molar-refractivity contribution in [2.45, 2.75) is 24.8 Å². The minimum atomic E-state index is -0.164. The van der Waals surface area contributed by atoms with Crippen molar-refractivity contribution in [1.82, 2.24) is 5.32 Å². The highest BCUT2D eigenvalue weighted by molar-refractivity contribution is 5.96. The molecule has 0 aromatic heterocycles. The molecule has 1 saturated heterocycles. The Labute approximate surface area is 171 Å². The van der Waals surface area contributed by atoms with Gasteiger partial charge in [-0.3, -0.25) is 9.59 Å². The highest BCUT2D eigenvalue weighted by Gasteiger charge is 2.32. The van der Waals surface area contributed by atoms with Gasteiger partial charge in [0.2, 0.25) is 11.8 Å². The fourth-order valence-corrected chi connectivity index (χ4v) is 3.93. The first-order valence-electron chi connectivity index (χ1n) is 9.95. The molecule has 146 valence electrons. The Bertz CT molecular complexity index is 918. The van der Waals surface area contributed by atoms with Crippen molar-refractivity contribution in [2.24, 2.45) is 0 Å². The number of carbonyl (C=O) groups excluding carboxylic acids is 2. The summed E-state index contributed by atoms with van der Waals surface area (Å²) in [7, 11) is 0. The summed E-state index contributed by atoms with van der Waals surface area (Å²) in [5, 5.41) is 3.08. The molecule has 1 aliphatic rings. The maximum atomic E-state index is 12.9. The van der Waals surface area contributed by atoms with Crippen molar-refractivity contribution in [3.8, 4) is 0 Å². The molecular formula is C25H24N2O2. The molecule has 0 bridgehead atoms. The van der Waals surface area contributed by atoms with Crippen molar-refractivity contribution < 1.29 is 9.59 Å². The Morgan fingerprint density at radius 2 is 1.38 bits per heavy atom. The monoisotopic (exact) mass is 384 g/mol. The van der Waals surface area contributed by atoms with Gasteiger partial charge in [0.25, 0.3) is 0 Å². The van der Waals surface area contributed by atoms with Crippen LogP contribution in [0.5, 0.6) is 0 Å². The van der Waals surface area contributed by atoms with E-state index in [1.807, 2.05) is 66.7 Å². The van der Waals surface area contributed by atoms with Gasteiger partial charge in [0, 0.05) is 31.0 Å². The lowest BCUT2D eigenvalue weighted by molar-refractivity contribution is -0.122. The molecule has 0 unspecified atom stereocenters. The average Bonchev–Trinajstić information content (AvgIpc) is 3.13. The van der Waals surface area contributed by atoms with Crippen LogP contribution >= 0.6 is 0 Å². The van der Waals surface area contributed by atoms with Gasteiger partial charge in [-0.05, 0) is 23.3 Å². The maximum Gasteiger partial charge on any atom is 0.229 e. The topological polar surface area (TPSA) is 49.4 Å². The third-order valence-corrected chi connectivity index (χ3v) is 5.35. The first-order valence-corrected chi connectivity index (χ1v) is 9.95. The largest absolute Gasteiger partial charge is 0.351 e. The molecule has 0 spiro atoms. The zero-order valence-electron chi connectivity index (χ0n) is 16.2. The number of rotatable bonds is 6. The van der Waals surface area contributed by atoms with E-state index in [-0.39, 0.29) is 23.8 Å². The molecule has 3 aromatic rings. The number of anilines is 1. The van der Waals surface area contributed by atoms with E-state index in [1.165, 1.54) is 0 Å². The SMILES string of the molecule is O=C(CC(c1ccccc1)c1ccccc1)N[C@H]1CC(=O)N(c2ccccc2)C1. The molecule has 29 heavy (non-hydrogen) atoms. The van der Waals surface area contributed by atoms with Crippen molar-refractivity contribution >= 4 is 17.5 Å². The average molecular weight is 384 g/mol. The minimum absolute atomic E-state index is 0.0141. The van der Waals surface area contributed by atoms with Crippen LogP contribution in [-0.2, 0) is 9.59 Å². The zero-order valence-corrected chi connectivity index (χ0v) is 16.2. The predicted octanol–water partition coefficient (Wildman–Crippen LogP) is 4.13. The molecule has 0 radical (unpaired) electrons. The summed E-state index contributed by atoms with van der Waals surface area (Å²) in [5.41, 5.74) is 3.10. The van der Waals surface area contributed by atoms with E-state index in [1.54, 1.807) is 4.90 Å². The van der Waals surface area contributed by atoms with Crippen LogP contribution in [0.4, 0.5) is 5.69 Å². The van der Waals surface area contributed by atoms with Crippen LogP contribution in [0.1, 0.15) is 29.9 Å². The first-order chi connectivity index (χ1) is 14.2. The van der Waals surface area contributed by atoms with E-state index in [0.29, 0.717) is 19.4 Å². The number of hydrogen-bond donors (Lipinski definition) is 1.